The van der Waals surface area contributed by atoms with Gasteiger partial charge in [0.25, 0.3) is 0 Å². The molecule has 4 nitrogen and oxygen atoms in total. The Hall–Kier alpha value is -0.500. The molecule has 130 valence electrons. The van der Waals surface area contributed by atoms with E-state index in [4.69, 9.17) is 0 Å². The van der Waals surface area contributed by atoms with E-state index in [1.54, 1.807) is 0 Å². The molecule has 2 heterocycles. The third kappa shape index (κ3) is 5.24. The first-order valence-electron chi connectivity index (χ1n) is 8.58. The smallest absolute Gasteiger partial charge is 0.191 e. The van der Waals surface area contributed by atoms with Gasteiger partial charge in [-0.2, -0.15) is 0 Å². The summed E-state index contributed by atoms with van der Waals surface area (Å²) in [7, 11) is 1.88. The number of aliphatic imine (C=N–C) groups is 1. The van der Waals surface area contributed by atoms with Crippen LogP contribution in [0.1, 0.15) is 39.0 Å². The number of anilines is 1. The molecule has 0 aromatic carbocycles. The van der Waals surface area contributed by atoms with Gasteiger partial charge in [0.2, 0.25) is 0 Å². The molecular formula is C17H29IN4S. The van der Waals surface area contributed by atoms with Crippen LogP contribution in [-0.2, 0) is 0 Å². The SMILES string of the molecule is CCCC1CC1NC(=NC)NC1CCN(c2cccs2)CC1.I. The quantitative estimate of drug-likeness (QED) is 0.410. The topological polar surface area (TPSA) is 39.7 Å². The first-order valence-corrected chi connectivity index (χ1v) is 9.46. The number of thiophene rings is 1. The maximum atomic E-state index is 4.41. The summed E-state index contributed by atoms with van der Waals surface area (Å²) in [5, 5.41) is 10.8. The van der Waals surface area contributed by atoms with Gasteiger partial charge in [0.05, 0.1) is 5.00 Å². The van der Waals surface area contributed by atoms with Crippen LogP contribution in [0, 0.1) is 5.92 Å². The summed E-state index contributed by atoms with van der Waals surface area (Å²) in [6.07, 6.45) is 6.30. The van der Waals surface area contributed by atoms with E-state index in [2.05, 4.69) is 45.0 Å². The predicted octanol–water partition coefficient (Wildman–Crippen LogP) is 3.69. The average molecular weight is 448 g/mol. The highest BCUT2D eigenvalue weighted by atomic mass is 127. The first-order chi connectivity index (χ1) is 10.8. The Morgan fingerprint density at radius 2 is 2.13 bits per heavy atom. The highest BCUT2D eigenvalue weighted by Crippen LogP contribution is 2.34. The van der Waals surface area contributed by atoms with Gasteiger partial charge < -0.3 is 15.5 Å². The minimum atomic E-state index is 0. The van der Waals surface area contributed by atoms with Crippen LogP contribution in [0.2, 0.25) is 0 Å². The molecular weight excluding hydrogens is 419 g/mol. The fourth-order valence-electron chi connectivity index (χ4n) is 3.35. The zero-order chi connectivity index (χ0) is 15.4. The number of nitrogens with zero attached hydrogens (tertiary/aromatic N) is 2. The summed E-state index contributed by atoms with van der Waals surface area (Å²) in [5.41, 5.74) is 0. The van der Waals surface area contributed by atoms with E-state index in [1.165, 1.54) is 37.1 Å². The molecule has 0 amide bonds. The van der Waals surface area contributed by atoms with E-state index in [9.17, 15) is 0 Å². The third-order valence-electron chi connectivity index (χ3n) is 4.78. The minimum Gasteiger partial charge on any atom is -0.363 e. The van der Waals surface area contributed by atoms with E-state index in [0.29, 0.717) is 12.1 Å². The number of nitrogens with one attached hydrogen (secondary N) is 2. The van der Waals surface area contributed by atoms with Crippen molar-refractivity contribution in [2.45, 2.75) is 51.1 Å². The van der Waals surface area contributed by atoms with Crippen LogP contribution in [0.4, 0.5) is 5.00 Å². The predicted molar refractivity (Wildman–Crippen MR) is 111 cm³/mol. The highest BCUT2D eigenvalue weighted by molar-refractivity contribution is 14.0. The highest BCUT2D eigenvalue weighted by Gasteiger charge is 2.36. The van der Waals surface area contributed by atoms with E-state index in [-0.39, 0.29) is 24.0 Å². The van der Waals surface area contributed by atoms with Crippen molar-refractivity contribution >= 4 is 46.3 Å². The molecule has 23 heavy (non-hydrogen) atoms. The molecule has 1 aromatic rings. The van der Waals surface area contributed by atoms with Crippen molar-refractivity contribution in [3.8, 4) is 0 Å². The second kappa shape index (κ2) is 9.11. The summed E-state index contributed by atoms with van der Waals surface area (Å²) in [6, 6.07) is 5.56. The molecule has 0 radical (unpaired) electrons. The van der Waals surface area contributed by atoms with Crippen LogP contribution in [-0.4, -0.2) is 38.2 Å². The number of hydrogen-bond donors (Lipinski definition) is 2. The Morgan fingerprint density at radius 3 is 2.74 bits per heavy atom. The standard InChI is InChI=1S/C17H28N4S.HI/c1-3-5-13-12-15(13)20-17(18-2)19-14-7-9-21(10-8-14)16-6-4-11-22-16;/h4,6,11,13-15H,3,5,7-10,12H2,1-2H3,(H2,18,19,20);1H. The summed E-state index contributed by atoms with van der Waals surface area (Å²) < 4.78 is 0. The van der Waals surface area contributed by atoms with Crippen LogP contribution in [0.25, 0.3) is 0 Å². The van der Waals surface area contributed by atoms with E-state index in [0.717, 1.165) is 25.0 Å². The van der Waals surface area contributed by atoms with Crippen molar-refractivity contribution in [2.75, 3.05) is 25.0 Å². The van der Waals surface area contributed by atoms with E-state index in [1.807, 2.05) is 18.4 Å². The lowest BCUT2D eigenvalue weighted by molar-refractivity contribution is 0.462. The molecule has 1 aromatic heterocycles. The van der Waals surface area contributed by atoms with Crippen molar-refractivity contribution < 1.29 is 0 Å². The molecule has 2 fully saturated rings. The fourth-order valence-corrected chi connectivity index (χ4v) is 4.13. The monoisotopic (exact) mass is 448 g/mol. The van der Waals surface area contributed by atoms with Gasteiger partial charge in [-0.3, -0.25) is 4.99 Å². The van der Waals surface area contributed by atoms with E-state index >= 15 is 0 Å². The minimum absolute atomic E-state index is 0. The van der Waals surface area contributed by atoms with Gasteiger partial charge in [-0.25, -0.2) is 0 Å². The van der Waals surface area contributed by atoms with Gasteiger partial charge in [0, 0.05) is 32.2 Å². The molecule has 1 saturated carbocycles. The largest absolute Gasteiger partial charge is 0.363 e. The average Bonchev–Trinajstić information content (AvgIpc) is 3.04. The second-order valence-corrected chi connectivity index (χ2v) is 7.39. The van der Waals surface area contributed by atoms with Crippen molar-refractivity contribution in [1.82, 2.24) is 10.6 Å². The zero-order valence-electron chi connectivity index (χ0n) is 14.1. The fraction of sp³-hybridized carbons (Fsp3) is 0.706. The lowest BCUT2D eigenvalue weighted by Gasteiger charge is -2.33. The second-order valence-electron chi connectivity index (χ2n) is 6.46. The number of guanidine groups is 1. The van der Waals surface area contributed by atoms with Crippen LogP contribution < -0.4 is 15.5 Å². The molecule has 1 aliphatic heterocycles. The Balaban J connectivity index is 0.00000192. The van der Waals surface area contributed by atoms with Crippen LogP contribution in [0.3, 0.4) is 0 Å². The molecule has 0 spiro atoms. The number of hydrogen-bond acceptors (Lipinski definition) is 3. The molecule has 1 saturated heterocycles. The van der Waals surface area contributed by atoms with Gasteiger partial charge in [-0.05, 0) is 49.1 Å². The van der Waals surface area contributed by atoms with E-state index < -0.39 is 0 Å². The lowest BCUT2D eigenvalue weighted by atomic mass is 10.1. The van der Waals surface area contributed by atoms with Gasteiger partial charge in [0.1, 0.15) is 0 Å². The summed E-state index contributed by atoms with van der Waals surface area (Å²) in [5.74, 6) is 1.86. The molecule has 3 rings (SSSR count). The molecule has 2 unspecified atom stereocenters. The third-order valence-corrected chi connectivity index (χ3v) is 5.71. The zero-order valence-corrected chi connectivity index (χ0v) is 17.3. The molecule has 0 bridgehead atoms. The normalized spacial score (nSPS) is 25.0. The molecule has 1 aliphatic carbocycles. The lowest BCUT2D eigenvalue weighted by Crippen LogP contribution is -2.49. The van der Waals surface area contributed by atoms with Gasteiger partial charge in [0.15, 0.2) is 5.96 Å². The van der Waals surface area contributed by atoms with Crippen LogP contribution >= 0.6 is 35.3 Å². The van der Waals surface area contributed by atoms with Crippen molar-refractivity contribution in [3.05, 3.63) is 17.5 Å². The maximum Gasteiger partial charge on any atom is 0.191 e. The van der Waals surface area contributed by atoms with Crippen molar-refractivity contribution in [3.63, 3.8) is 0 Å². The molecule has 2 N–H and O–H groups in total. The summed E-state index contributed by atoms with van der Waals surface area (Å²) >= 11 is 1.84. The van der Waals surface area contributed by atoms with Crippen molar-refractivity contribution in [2.24, 2.45) is 10.9 Å². The van der Waals surface area contributed by atoms with Crippen LogP contribution in [0.15, 0.2) is 22.5 Å². The summed E-state index contributed by atoms with van der Waals surface area (Å²) in [6.45, 7) is 4.54. The molecule has 2 aliphatic rings. The van der Waals surface area contributed by atoms with Crippen molar-refractivity contribution in [1.29, 1.82) is 0 Å². The Labute approximate surface area is 161 Å². The summed E-state index contributed by atoms with van der Waals surface area (Å²) in [4.78, 5) is 6.91. The van der Waals surface area contributed by atoms with Gasteiger partial charge >= 0.3 is 0 Å². The molecule has 6 heteroatoms. The molecule has 2 atom stereocenters. The van der Waals surface area contributed by atoms with Gasteiger partial charge in [-0.15, -0.1) is 35.3 Å². The Bertz CT molecular complexity index is 483. The number of halogens is 1. The Morgan fingerprint density at radius 1 is 1.35 bits per heavy atom. The van der Waals surface area contributed by atoms with Gasteiger partial charge in [-0.1, -0.05) is 13.3 Å². The van der Waals surface area contributed by atoms with Crippen LogP contribution in [0.5, 0.6) is 0 Å². The Kier molecular flexibility index (Phi) is 7.46. The maximum absolute atomic E-state index is 4.41. The number of piperidine rings is 1. The first kappa shape index (κ1) is 18.8. The number of rotatable bonds is 5.